The van der Waals surface area contributed by atoms with Crippen molar-refractivity contribution in [3.8, 4) is 28.7 Å². The second kappa shape index (κ2) is 13.4. The summed E-state index contributed by atoms with van der Waals surface area (Å²) in [4.78, 5) is 15.6. The molecule has 0 unspecified atom stereocenters. The summed E-state index contributed by atoms with van der Waals surface area (Å²) in [6.45, 7) is -0.390. The Balaban J connectivity index is 1.30. The van der Waals surface area contributed by atoms with E-state index in [9.17, 15) is 20.3 Å². The molecule has 1 aliphatic rings. The molecule has 0 fully saturated rings. The van der Waals surface area contributed by atoms with E-state index >= 15 is 0 Å². The standard InChI is InChI=1S/C36H30ClN3O5/c37-31-14-25(19-40-32(20-41)36(42)43)34(44-21-23-13-22(16-38)17-39-18-23)15-35(31)45-33-12-11-29-28(9-4-10-30(29)33)27-8-3-6-24-5-1-2-7-26(24)27/h1-10,13-15,17-18,32-33,40-41H,11-12,19-21H2,(H,42,43)/t32-,33-/m0/s1. The number of nitrogens with one attached hydrogen (secondary N) is 1. The van der Waals surface area contributed by atoms with Gasteiger partial charge in [0.25, 0.3) is 0 Å². The van der Waals surface area contributed by atoms with Crippen molar-refractivity contribution < 1.29 is 24.5 Å². The molecule has 8 nitrogen and oxygen atoms in total. The van der Waals surface area contributed by atoms with E-state index in [-0.39, 0.29) is 19.3 Å². The van der Waals surface area contributed by atoms with Gasteiger partial charge in [0.1, 0.15) is 36.3 Å². The summed E-state index contributed by atoms with van der Waals surface area (Å²) in [5, 5.41) is 33.7. The lowest BCUT2D eigenvalue weighted by Gasteiger charge is -2.20. The second-order valence-electron chi connectivity index (χ2n) is 10.9. The molecule has 4 aromatic carbocycles. The molecule has 3 N–H and O–H groups in total. The smallest absolute Gasteiger partial charge is 0.323 e. The number of carboxylic acid groups (broad SMARTS) is 1. The van der Waals surface area contributed by atoms with Gasteiger partial charge >= 0.3 is 5.97 Å². The zero-order chi connectivity index (χ0) is 31.3. The highest BCUT2D eigenvalue weighted by Gasteiger charge is 2.28. The van der Waals surface area contributed by atoms with Crippen LogP contribution in [0.2, 0.25) is 5.02 Å². The minimum absolute atomic E-state index is 0.0734. The van der Waals surface area contributed by atoms with Gasteiger partial charge in [-0.15, -0.1) is 0 Å². The molecule has 0 amide bonds. The summed E-state index contributed by atoms with van der Waals surface area (Å²) in [5.74, 6) is -0.313. The van der Waals surface area contributed by atoms with Gasteiger partial charge in [-0.2, -0.15) is 5.26 Å². The molecule has 0 saturated carbocycles. The Morgan fingerprint density at radius 3 is 2.67 bits per heavy atom. The van der Waals surface area contributed by atoms with Crippen LogP contribution in [0, 0.1) is 11.3 Å². The number of pyridine rings is 1. The number of aliphatic carboxylic acids is 1. The Bertz CT molecular complexity index is 1920. The van der Waals surface area contributed by atoms with E-state index in [1.807, 2.05) is 6.07 Å². The number of nitriles is 1. The average molecular weight is 620 g/mol. The quantitative estimate of drug-likeness (QED) is 0.151. The lowest BCUT2D eigenvalue weighted by Crippen LogP contribution is -2.39. The minimum atomic E-state index is -1.17. The van der Waals surface area contributed by atoms with Crippen LogP contribution in [0.15, 0.2) is 91.3 Å². The first-order chi connectivity index (χ1) is 21.9. The molecule has 6 rings (SSSR count). The van der Waals surface area contributed by atoms with Crippen molar-refractivity contribution in [1.29, 1.82) is 5.26 Å². The molecule has 0 bridgehead atoms. The number of hydrogen-bond donors (Lipinski definition) is 3. The number of ether oxygens (including phenoxy) is 2. The molecule has 9 heteroatoms. The average Bonchev–Trinajstić information content (AvgIpc) is 3.48. The first-order valence-electron chi connectivity index (χ1n) is 14.6. The van der Waals surface area contributed by atoms with Gasteiger partial charge in [-0.1, -0.05) is 72.3 Å². The van der Waals surface area contributed by atoms with Crippen molar-refractivity contribution >= 4 is 28.3 Å². The second-order valence-corrected chi connectivity index (χ2v) is 11.3. The predicted molar refractivity (Wildman–Crippen MR) is 171 cm³/mol. The predicted octanol–water partition coefficient (Wildman–Crippen LogP) is 6.61. The fourth-order valence-corrected chi connectivity index (χ4v) is 6.03. The molecule has 1 aliphatic carbocycles. The maximum atomic E-state index is 11.5. The van der Waals surface area contributed by atoms with Crippen LogP contribution in [0.1, 0.15) is 40.3 Å². The monoisotopic (exact) mass is 619 g/mol. The Morgan fingerprint density at radius 2 is 1.84 bits per heavy atom. The lowest BCUT2D eigenvalue weighted by molar-refractivity contribution is -0.140. The number of benzene rings is 4. The molecule has 1 heterocycles. The Kier molecular flexibility index (Phi) is 8.94. The zero-order valence-corrected chi connectivity index (χ0v) is 25.0. The molecule has 0 radical (unpaired) electrons. The van der Waals surface area contributed by atoms with E-state index in [1.165, 1.54) is 33.7 Å². The number of aliphatic hydroxyl groups excluding tert-OH is 1. The van der Waals surface area contributed by atoms with Gasteiger partial charge in [0.2, 0.25) is 0 Å². The molecule has 1 aromatic heterocycles. The Morgan fingerprint density at radius 1 is 1.04 bits per heavy atom. The molecular weight excluding hydrogens is 590 g/mol. The van der Waals surface area contributed by atoms with Crippen LogP contribution >= 0.6 is 11.6 Å². The fourth-order valence-electron chi connectivity index (χ4n) is 5.80. The lowest BCUT2D eigenvalue weighted by atomic mass is 9.93. The summed E-state index contributed by atoms with van der Waals surface area (Å²) in [7, 11) is 0. The van der Waals surface area contributed by atoms with Crippen LogP contribution in [0.25, 0.3) is 21.9 Å². The van der Waals surface area contributed by atoms with E-state index in [0.29, 0.717) is 33.2 Å². The number of rotatable bonds is 11. The van der Waals surface area contributed by atoms with Gasteiger partial charge in [0.15, 0.2) is 0 Å². The third kappa shape index (κ3) is 6.47. The topological polar surface area (TPSA) is 125 Å². The van der Waals surface area contributed by atoms with Crippen molar-refractivity contribution in [1.82, 2.24) is 10.3 Å². The third-order valence-electron chi connectivity index (χ3n) is 8.02. The molecular formula is C36H30ClN3O5. The SMILES string of the molecule is N#Cc1cncc(COc2cc(O[C@H]3CCc4c(-c5cccc6ccccc56)cccc43)c(Cl)cc2CN[C@@H](CO)C(=O)O)c1. The van der Waals surface area contributed by atoms with E-state index in [0.717, 1.165) is 18.4 Å². The molecule has 0 saturated heterocycles. The summed E-state index contributed by atoms with van der Waals surface area (Å²) >= 11 is 6.75. The molecule has 0 spiro atoms. The summed E-state index contributed by atoms with van der Waals surface area (Å²) in [5.41, 5.74) is 6.42. The van der Waals surface area contributed by atoms with Crippen molar-refractivity contribution in [2.75, 3.05) is 6.61 Å². The van der Waals surface area contributed by atoms with Crippen molar-refractivity contribution in [2.45, 2.75) is 38.1 Å². The van der Waals surface area contributed by atoms with Crippen LogP contribution < -0.4 is 14.8 Å². The van der Waals surface area contributed by atoms with Crippen LogP contribution in [-0.4, -0.2) is 33.8 Å². The number of carboxylic acids is 1. The molecule has 0 aliphatic heterocycles. The minimum Gasteiger partial charge on any atom is -0.488 e. The third-order valence-corrected chi connectivity index (χ3v) is 8.31. The summed E-state index contributed by atoms with van der Waals surface area (Å²) < 4.78 is 12.7. The zero-order valence-electron chi connectivity index (χ0n) is 24.2. The summed E-state index contributed by atoms with van der Waals surface area (Å²) in [6, 6.07) is 27.1. The van der Waals surface area contributed by atoms with Crippen molar-refractivity contribution in [3.63, 3.8) is 0 Å². The van der Waals surface area contributed by atoms with Crippen LogP contribution in [0.3, 0.4) is 0 Å². The molecule has 2 atom stereocenters. The van der Waals surface area contributed by atoms with Gasteiger partial charge < -0.3 is 19.7 Å². The number of halogens is 1. The number of aromatic nitrogens is 1. The Labute approximate surface area is 265 Å². The van der Waals surface area contributed by atoms with Gasteiger partial charge in [-0.3, -0.25) is 15.1 Å². The molecule has 45 heavy (non-hydrogen) atoms. The maximum Gasteiger partial charge on any atom is 0.323 e. The normalized spacial score (nSPS) is 14.5. The van der Waals surface area contributed by atoms with Crippen LogP contribution in [0.4, 0.5) is 0 Å². The van der Waals surface area contributed by atoms with Gasteiger partial charge in [0, 0.05) is 36.1 Å². The van der Waals surface area contributed by atoms with Gasteiger partial charge in [-0.05, 0) is 58.0 Å². The van der Waals surface area contributed by atoms with E-state index in [1.54, 1.807) is 24.4 Å². The van der Waals surface area contributed by atoms with E-state index in [4.69, 9.17) is 21.1 Å². The number of nitrogens with zero attached hydrogens (tertiary/aromatic N) is 2. The number of carbonyl (C=O) groups is 1. The first kappa shape index (κ1) is 30.1. The highest BCUT2D eigenvalue weighted by molar-refractivity contribution is 6.32. The van der Waals surface area contributed by atoms with Gasteiger partial charge in [-0.25, -0.2) is 0 Å². The fraction of sp³-hybridized carbons (Fsp3) is 0.194. The number of hydrogen-bond acceptors (Lipinski definition) is 7. The van der Waals surface area contributed by atoms with E-state index < -0.39 is 18.6 Å². The van der Waals surface area contributed by atoms with Gasteiger partial charge in [0.05, 0.1) is 17.2 Å². The largest absolute Gasteiger partial charge is 0.488 e. The maximum absolute atomic E-state index is 11.5. The summed E-state index contributed by atoms with van der Waals surface area (Å²) in [6.07, 6.45) is 4.48. The molecule has 5 aromatic rings. The Hall–Kier alpha value is -4.94. The highest BCUT2D eigenvalue weighted by Crippen LogP contribution is 2.44. The van der Waals surface area contributed by atoms with Crippen LogP contribution in [-0.2, 0) is 24.4 Å². The highest BCUT2D eigenvalue weighted by atomic mass is 35.5. The van der Waals surface area contributed by atoms with Crippen molar-refractivity contribution in [2.24, 2.45) is 0 Å². The molecule has 226 valence electrons. The number of aliphatic hydroxyl groups is 1. The van der Waals surface area contributed by atoms with Crippen molar-refractivity contribution in [3.05, 3.63) is 124 Å². The first-order valence-corrected chi connectivity index (χ1v) is 15.0. The van der Waals surface area contributed by atoms with Crippen LogP contribution in [0.5, 0.6) is 11.5 Å². The number of fused-ring (bicyclic) bond motifs is 2. The van der Waals surface area contributed by atoms with E-state index in [2.05, 4.69) is 71.0 Å².